The summed E-state index contributed by atoms with van der Waals surface area (Å²) in [5.74, 6) is -0.299. The van der Waals surface area contributed by atoms with Gasteiger partial charge < -0.3 is 26.2 Å². The third-order valence-electron chi connectivity index (χ3n) is 12.3. The van der Waals surface area contributed by atoms with Gasteiger partial charge in [-0.2, -0.15) is 0 Å². The van der Waals surface area contributed by atoms with Crippen molar-refractivity contribution in [3.05, 3.63) is 0 Å². The first kappa shape index (κ1) is 40.6. The lowest BCUT2D eigenvalue weighted by Crippen LogP contribution is -2.64. The molecule has 5 atom stereocenters. The van der Waals surface area contributed by atoms with E-state index in [1.165, 1.54) is 0 Å². The summed E-state index contributed by atoms with van der Waals surface area (Å²) in [4.78, 5) is 70.2. The molecule has 0 aromatic rings. The Bertz CT molecular complexity index is 1500. The number of hydrogen-bond donors (Lipinski definition) is 4. The summed E-state index contributed by atoms with van der Waals surface area (Å²) < 4.78 is 25.8. The number of Topliss-reactive ketones (excluding diaryl/α,β-unsaturated/α-hetero) is 1. The van der Waals surface area contributed by atoms with Crippen molar-refractivity contribution in [3.8, 4) is 12.3 Å². The van der Waals surface area contributed by atoms with E-state index in [1.807, 2.05) is 13.8 Å². The van der Waals surface area contributed by atoms with Gasteiger partial charge in [0.2, 0.25) is 17.6 Å². The van der Waals surface area contributed by atoms with Crippen LogP contribution in [0, 0.1) is 35.0 Å². The Labute approximate surface area is 305 Å². The van der Waals surface area contributed by atoms with Gasteiger partial charge in [-0.1, -0.05) is 59.8 Å². The van der Waals surface area contributed by atoms with E-state index in [4.69, 9.17) is 6.42 Å². The van der Waals surface area contributed by atoms with Crippen LogP contribution in [0.1, 0.15) is 126 Å². The van der Waals surface area contributed by atoms with Crippen LogP contribution in [0.5, 0.6) is 0 Å². The molecule has 0 bridgehead atoms. The zero-order chi connectivity index (χ0) is 38.0. The molecule has 1 saturated heterocycles. The van der Waals surface area contributed by atoms with Gasteiger partial charge >= 0.3 is 6.03 Å². The third-order valence-corrected chi connectivity index (χ3v) is 15.1. The summed E-state index contributed by atoms with van der Waals surface area (Å²) in [7, 11) is -3.57. The number of carbonyl (C=O) groups is 5. The highest BCUT2D eigenvalue weighted by Gasteiger charge is 2.70. The van der Waals surface area contributed by atoms with Crippen LogP contribution in [0.15, 0.2) is 0 Å². The summed E-state index contributed by atoms with van der Waals surface area (Å²) in [6, 6.07) is -3.60. The summed E-state index contributed by atoms with van der Waals surface area (Å²) in [6.07, 6.45) is 13.1. The van der Waals surface area contributed by atoms with Gasteiger partial charge in [0, 0.05) is 19.5 Å². The Hall–Kier alpha value is -3.14. The zero-order valence-electron chi connectivity index (χ0n) is 31.8. The van der Waals surface area contributed by atoms with Crippen LogP contribution in [0.4, 0.5) is 4.79 Å². The van der Waals surface area contributed by atoms with Crippen molar-refractivity contribution in [1.29, 1.82) is 0 Å². The molecular formula is C38H61N5O7S. The van der Waals surface area contributed by atoms with Crippen molar-refractivity contribution >= 4 is 39.4 Å². The van der Waals surface area contributed by atoms with Gasteiger partial charge in [0.15, 0.2) is 9.84 Å². The largest absolute Gasteiger partial charge is 0.349 e. The van der Waals surface area contributed by atoms with Crippen LogP contribution < -0.4 is 21.3 Å². The fourth-order valence-corrected chi connectivity index (χ4v) is 10.3. The van der Waals surface area contributed by atoms with E-state index in [2.05, 4.69) is 41.0 Å². The second-order valence-corrected chi connectivity index (χ2v) is 20.2. The molecule has 3 saturated carbocycles. The van der Waals surface area contributed by atoms with Crippen LogP contribution in [-0.2, 0) is 29.0 Å². The van der Waals surface area contributed by atoms with E-state index in [1.54, 1.807) is 25.7 Å². The average Bonchev–Trinajstić information content (AvgIpc) is 3.42. The average molecular weight is 732 g/mol. The maximum absolute atomic E-state index is 14.8. The lowest BCUT2D eigenvalue weighted by Gasteiger charge is -2.42. The van der Waals surface area contributed by atoms with E-state index in [9.17, 15) is 32.4 Å². The fraction of sp³-hybridized carbons (Fsp3) is 0.816. The van der Waals surface area contributed by atoms with Crippen molar-refractivity contribution in [2.45, 2.75) is 154 Å². The molecule has 1 aliphatic heterocycles. The summed E-state index contributed by atoms with van der Waals surface area (Å²) >= 11 is 0. The molecule has 2 unspecified atom stereocenters. The first-order valence-electron chi connectivity index (χ1n) is 18.9. The number of rotatable bonds is 14. The Morgan fingerprint density at radius 3 is 2.12 bits per heavy atom. The number of likely N-dealkylation sites (tertiary alicyclic amines) is 1. The number of ketones is 1. The highest BCUT2D eigenvalue weighted by Crippen LogP contribution is 2.65. The van der Waals surface area contributed by atoms with Gasteiger partial charge in [0.1, 0.15) is 12.1 Å². The second-order valence-electron chi connectivity index (χ2n) is 17.4. The molecule has 4 N–H and O–H groups in total. The Balaban J connectivity index is 1.60. The van der Waals surface area contributed by atoms with Gasteiger partial charge in [0.25, 0.3) is 5.91 Å². The molecule has 5 amide bonds. The highest BCUT2D eigenvalue weighted by molar-refractivity contribution is 7.92. The van der Waals surface area contributed by atoms with Crippen molar-refractivity contribution in [3.63, 3.8) is 0 Å². The maximum Gasteiger partial charge on any atom is 0.315 e. The quantitative estimate of drug-likeness (QED) is 0.156. The molecule has 4 fully saturated rings. The maximum atomic E-state index is 14.8. The summed E-state index contributed by atoms with van der Waals surface area (Å²) in [5.41, 5.74) is -1.76. The summed E-state index contributed by atoms with van der Waals surface area (Å²) in [5, 5.41) is 11.4. The number of carbonyl (C=O) groups excluding carboxylic acids is 5. The molecule has 0 radical (unpaired) electrons. The van der Waals surface area contributed by atoms with Gasteiger partial charge in [-0.05, 0) is 82.0 Å². The van der Waals surface area contributed by atoms with Crippen LogP contribution in [0.2, 0.25) is 0 Å². The van der Waals surface area contributed by atoms with E-state index < -0.39 is 67.3 Å². The monoisotopic (exact) mass is 731 g/mol. The molecule has 51 heavy (non-hydrogen) atoms. The van der Waals surface area contributed by atoms with Crippen LogP contribution in [-0.4, -0.2) is 90.1 Å². The number of sulfone groups is 1. The smallest absolute Gasteiger partial charge is 0.315 e. The number of nitrogens with zero attached hydrogens (tertiary/aromatic N) is 1. The molecule has 12 nitrogen and oxygen atoms in total. The number of fused-ring (bicyclic) bond motifs is 1. The molecule has 286 valence electrons. The third kappa shape index (κ3) is 8.74. The van der Waals surface area contributed by atoms with Gasteiger partial charge in [0.05, 0.1) is 22.1 Å². The Kier molecular flexibility index (Phi) is 12.3. The topological polar surface area (TPSA) is 171 Å². The Morgan fingerprint density at radius 2 is 1.55 bits per heavy atom. The first-order valence-corrected chi connectivity index (χ1v) is 20.6. The standard InChI is InChI=1S/C38H61N5O7S/c1-9-11-17-26(29(44)32(46)39-22-10-2)40-31(45)28-27-25(36(27,6)7)23-43(28)33(47)30(37(8)18-15-16-19-37)41-34(48)42-38(20-13-12-14-21-38)24-51(49,50)35(3,4)5/h1,25-28,30H,10-24H2,2-8H3,(H,39,46)(H,40,45)(H2,41,42,48)/t25?,26?,27-,28-,30+/m0/s1. The Morgan fingerprint density at radius 1 is 0.941 bits per heavy atom. The number of amides is 5. The van der Waals surface area contributed by atoms with E-state index in [-0.39, 0.29) is 41.8 Å². The number of urea groups is 1. The predicted octanol–water partition coefficient (Wildman–Crippen LogP) is 3.63. The SMILES string of the molecule is C#CCCC(NC(=O)[C@@H]1[C@@H]2C(CN1C(=O)[C@@H](NC(=O)NC1(CS(=O)(=O)C(C)(C)C)CCCCC1)C1(C)CCCC1)C2(C)C)C(=O)C(=O)NCCC. The van der Waals surface area contributed by atoms with Crippen LogP contribution in [0.25, 0.3) is 0 Å². The first-order chi connectivity index (χ1) is 23.7. The lowest BCUT2D eigenvalue weighted by molar-refractivity contribution is -0.145. The van der Waals surface area contributed by atoms with Crippen LogP contribution in [0.3, 0.4) is 0 Å². The van der Waals surface area contributed by atoms with Crippen LogP contribution >= 0.6 is 0 Å². The molecule has 0 spiro atoms. The molecule has 13 heteroatoms. The van der Waals surface area contributed by atoms with E-state index in [0.29, 0.717) is 45.2 Å². The van der Waals surface area contributed by atoms with Crippen molar-refractivity contribution in [2.75, 3.05) is 18.8 Å². The normalized spacial score (nSPS) is 25.8. The van der Waals surface area contributed by atoms with Gasteiger partial charge in [-0.25, -0.2) is 13.2 Å². The molecule has 4 aliphatic rings. The number of terminal acetylenes is 1. The zero-order valence-corrected chi connectivity index (χ0v) is 32.6. The molecule has 4 rings (SSSR count). The lowest BCUT2D eigenvalue weighted by atomic mass is 9.79. The second kappa shape index (κ2) is 15.5. The minimum Gasteiger partial charge on any atom is -0.349 e. The van der Waals surface area contributed by atoms with E-state index >= 15 is 0 Å². The molecule has 0 aromatic carbocycles. The van der Waals surface area contributed by atoms with Crippen molar-refractivity contribution < 1.29 is 32.4 Å². The van der Waals surface area contributed by atoms with Crippen molar-refractivity contribution in [2.24, 2.45) is 22.7 Å². The summed E-state index contributed by atoms with van der Waals surface area (Å²) in [6.45, 7) is 13.6. The molecule has 1 heterocycles. The fourth-order valence-electron chi connectivity index (χ4n) is 8.74. The molecule has 0 aromatic heterocycles. The van der Waals surface area contributed by atoms with E-state index in [0.717, 1.165) is 32.1 Å². The molecule has 3 aliphatic carbocycles. The van der Waals surface area contributed by atoms with Gasteiger partial charge in [-0.3, -0.25) is 19.2 Å². The number of hydrogen-bond acceptors (Lipinski definition) is 7. The molecular weight excluding hydrogens is 671 g/mol. The predicted molar refractivity (Wildman–Crippen MR) is 196 cm³/mol. The number of nitrogens with one attached hydrogen (secondary N) is 4. The minimum atomic E-state index is -3.57. The minimum absolute atomic E-state index is 0.0453. The van der Waals surface area contributed by atoms with Crippen molar-refractivity contribution in [1.82, 2.24) is 26.2 Å². The van der Waals surface area contributed by atoms with Gasteiger partial charge in [-0.15, -0.1) is 12.3 Å². The number of piperidine rings is 1. The highest BCUT2D eigenvalue weighted by atomic mass is 32.2.